The number of benzene rings is 2. The van der Waals surface area contributed by atoms with E-state index >= 15 is 0 Å². The van der Waals surface area contributed by atoms with E-state index in [0.29, 0.717) is 21.3 Å². The second-order valence-corrected chi connectivity index (χ2v) is 5.56. The molecule has 0 aliphatic rings. The summed E-state index contributed by atoms with van der Waals surface area (Å²) in [4.78, 5) is 0. The average molecular weight is 371 g/mol. The van der Waals surface area contributed by atoms with Crippen LogP contribution in [0.5, 0.6) is 5.75 Å². The Balaban J connectivity index is 2.39. The zero-order chi connectivity index (χ0) is 14.9. The van der Waals surface area contributed by atoms with E-state index in [1.807, 2.05) is 0 Å². The SMILES string of the molecule is [B]c1cc(N)c(N=Nc2cc(Cl)c(Cl)cc2O)cc1Br. The summed E-state index contributed by atoms with van der Waals surface area (Å²) in [6.07, 6.45) is 0. The third-order valence-corrected chi connectivity index (χ3v) is 3.84. The van der Waals surface area contributed by atoms with Crippen molar-refractivity contribution in [3.8, 4) is 5.75 Å². The van der Waals surface area contributed by atoms with Crippen LogP contribution < -0.4 is 11.2 Å². The van der Waals surface area contributed by atoms with Crippen LogP contribution in [0.15, 0.2) is 39.0 Å². The van der Waals surface area contributed by atoms with Crippen molar-refractivity contribution in [1.29, 1.82) is 0 Å². The van der Waals surface area contributed by atoms with Gasteiger partial charge in [-0.05, 0) is 18.2 Å². The molecule has 0 aliphatic carbocycles. The Kier molecular flexibility index (Phi) is 4.57. The lowest BCUT2D eigenvalue weighted by atomic mass is 9.95. The summed E-state index contributed by atoms with van der Waals surface area (Å²) in [7, 11) is 5.69. The molecule has 0 amide bonds. The zero-order valence-corrected chi connectivity index (χ0v) is 13.0. The summed E-state index contributed by atoms with van der Waals surface area (Å²) in [5.74, 6) is -0.128. The minimum Gasteiger partial charge on any atom is -0.506 e. The molecule has 2 aromatic rings. The van der Waals surface area contributed by atoms with Crippen LogP contribution in [0, 0.1) is 0 Å². The third-order valence-electron chi connectivity index (χ3n) is 2.43. The summed E-state index contributed by atoms with van der Waals surface area (Å²) in [6.45, 7) is 0. The summed E-state index contributed by atoms with van der Waals surface area (Å²) in [5, 5.41) is 18.1. The van der Waals surface area contributed by atoms with Crippen LogP contribution >= 0.6 is 39.1 Å². The lowest BCUT2D eigenvalue weighted by Gasteiger charge is -2.04. The largest absolute Gasteiger partial charge is 0.506 e. The number of hydrogen-bond donors (Lipinski definition) is 2. The first kappa shape index (κ1) is 15.2. The van der Waals surface area contributed by atoms with Crippen molar-refractivity contribution in [1.82, 2.24) is 0 Å². The Morgan fingerprint density at radius 1 is 1.05 bits per heavy atom. The smallest absolute Gasteiger partial charge is 0.144 e. The van der Waals surface area contributed by atoms with Crippen molar-refractivity contribution < 1.29 is 5.11 Å². The molecular formula is C12H7BBrCl2N3O. The van der Waals surface area contributed by atoms with Gasteiger partial charge in [-0.15, -0.1) is 10.2 Å². The highest BCUT2D eigenvalue weighted by Gasteiger charge is 2.07. The Hall–Kier alpha value is -1.24. The number of azo groups is 1. The molecule has 0 aliphatic heterocycles. The van der Waals surface area contributed by atoms with E-state index in [-0.39, 0.29) is 21.5 Å². The van der Waals surface area contributed by atoms with Crippen molar-refractivity contribution in [2.45, 2.75) is 0 Å². The Morgan fingerprint density at radius 2 is 1.65 bits per heavy atom. The van der Waals surface area contributed by atoms with Gasteiger partial charge in [0.2, 0.25) is 0 Å². The molecule has 2 radical (unpaired) electrons. The van der Waals surface area contributed by atoms with E-state index < -0.39 is 0 Å². The minimum atomic E-state index is -0.128. The molecule has 0 bridgehead atoms. The number of phenols is 1. The highest BCUT2D eigenvalue weighted by Crippen LogP contribution is 2.36. The molecule has 0 saturated carbocycles. The number of hydrogen-bond acceptors (Lipinski definition) is 4. The van der Waals surface area contributed by atoms with E-state index in [2.05, 4.69) is 26.2 Å². The topological polar surface area (TPSA) is 71.0 Å². The van der Waals surface area contributed by atoms with Crippen LogP contribution in [-0.4, -0.2) is 13.0 Å². The molecule has 3 N–H and O–H groups in total. The number of anilines is 1. The van der Waals surface area contributed by atoms with Crippen molar-refractivity contribution in [2.75, 3.05) is 5.73 Å². The van der Waals surface area contributed by atoms with Gasteiger partial charge < -0.3 is 10.8 Å². The number of nitrogens with zero attached hydrogens (tertiary/aromatic N) is 2. The molecule has 0 saturated heterocycles. The first-order valence-electron chi connectivity index (χ1n) is 5.32. The molecule has 8 heteroatoms. The van der Waals surface area contributed by atoms with Gasteiger partial charge in [0.1, 0.15) is 25.0 Å². The number of nitrogen functional groups attached to an aromatic ring is 1. The van der Waals surface area contributed by atoms with Crippen molar-refractivity contribution in [3.05, 3.63) is 38.8 Å². The van der Waals surface area contributed by atoms with Gasteiger partial charge in [0, 0.05) is 10.5 Å². The van der Waals surface area contributed by atoms with Gasteiger partial charge in [0.05, 0.1) is 15.7 Å². The predicted octanol–water partition coefficient (Wildman–Crippen LogP) is 4.25. The van der Waals surface area contributed by atoms with Gasteiger partial charge in [-0.1, -0.05) is 44.6 Å². The second-order valence-electron chi connectivity index (χ2n) is 3.89. The highest BCUT2D eigenvalue weighted by atomic mass is 79.9. The van der Waals surface area contributed by atoms with Gasteiger partial charge >= 0.3 is 0 Å². The molecular weight excluding hydrogens is 364 g/mol. The van der Waals surface area contributed by atoms with Crippen LogP contribution in [0.4, 0.5) is 17.1 Å². The van der Waals surface area contributed by atoms with E-state index in [9.17, 15) is 5.11 Å². The van der Waals surface area contributed by atoms with Crippen LogP contribution in [0.1, 0.15) is 0 Å². The zero-order valence-electron chi connectivity index (χ0n) is 9.94. The standard InChI is InChI=1S/C12H7BBrCl2N3O/c13-5-1-9(17)10(2-6(5)14)18-19-11-3-7(15)8(16)4-12(11)20/h1-4,20H,17H2. The third kappa shape index (κ3) is 3.26. The van der Waals surface area contributed by atoms with Gasteiger partial charge in [0.25, 0.3) is 0 Å². The number of phenolic OH excluding ortho intramolecular Hbond substituents is 1. The van der Waals surface area contributed by atoms with Crippen molar-refractivity contribution in [3.63, 3.8) is 0 Å². The fourth-order valence-electron chi connectivity index (χ4n) is 1.40. The van der Waals surface area contributed by atoms with Gasteiger partial charge in [-0.3, -0.25) is 0 Å². The number of aromatic hydroxyl groups is 1. The Labute approximate surface area is 135 Å². The van der Waals surface area contributed by atoms with E-state index in [0.717, 1.165) is 0 Å². The predicted molar refractivity (Wildman–Crippen MR) is 86.2 cm³/mol. The molecule has 4 nitrogen and oxygen atoms in total. The monoisotopic (exact) mass is 369 g/mol. The normalized spacial score (nSPS) is 11.2. The lowest BCUT2D eigenvalue weighted by Crippen LogP contribution is -2.05. The first-order valence-corrected chi connectivity index (χ1v) is 6.87. The average Bonchev–Trinajstić information content (AvgIpc) is 2.37. The Bertz CT molecular complexity index is 650. The first-order chi connectivity index (χ1) is 9.38. The Morgan fingerprint density at radius 3 is 2.35 bits per heavy atom. The molecule has 20 heavy (non-hydrogen) atoms. The second kappa shape index (κ2) is 6.03. The number of nitrogens with two attached hydrogens (primary N) is 1. The molecule has 2 aromatic carbocycles. The van der Waals surface area contributed by atoms with E-state index in [1.165, 1.54) is 12.1 Å². The molecule has 2 rings (SSSR count). The number of halogens is 3. The summed E-state index contributed by atoms with van der Waals surface area (Å²) < 4.78 is 0.652. The van der Waals surface area contributed by atoms with E-state index in [1.54, 1.807) is 12.1 Å². The minimum absolute atomic E-state index is 0.128. The molecule has 0 fully saturated rings. The highest BCUT2D eigenvalue weighted by molar-refractivity contribution is 9.10. The van der Waals surface area contributed by atoms with E-state index in [4.69, 9.17) is 36.8 Å². The van der Waals surface area contributed by atoms with Crippen LogP contribution in [0.3, 0.4) is 0 Å². The molecule has 0 heterocycles. The van der Waals surface area contributed by atoms with Crippen LogP contribution in [-0.2, 0) is 0 Å². The molecule has 100 valence electrons. The molecule has 0 unspecified atom stereocenters. The van der Waals surface area contributed by atoms with Gasteiger partial charge in [0.15, 0.2) is 0 Å². The van der Waals surface area contributed by atoms with Crippen molar-refractivity contribution in [2.24, 2.45) is 10.2 Å². The molecule has 0 aromatic heterocycles. The summed E-state index contributed by atoms with van der Waals surface area (Å²) in [6, 6.07) is 5.89. The van der Waals surface area contributed by atoms with Crippen LogP contribution in [0.2, 0.25) is 10.0 Å². The number of rotatable bonds is 2. The molecule has 0 atom stereocenters. The maximum Gasteiger partial charge on any atom is 0.144 e. The van der Waals surface area contributed by atoms with Crippen molar-refractivity contribution >= 4 is 69.5 Å². The quantitative estimate of drug-likeness (QED) is 0.471. The summed E-state index contributed by atoms with van der Waals surface area (Å²) in [5.41, 5.74) is 7.25. The van der Waals surface area contributed by atoms with Gasteiger partial charge in [-0.25, -0.2) is 0 Å². The fraction of sp³-hybridized carbons (Fsp3) is 0. The maximum atomic E-state index is 9.70. The van der Waals surface area contributed by atoms with Crippen LogP contribution in [0.25, 0.3) is 0 Å². The fourth-order valence-corrected chi connectivity index (χ4v) is 2.04. The maximum absolute atomic E-state index is 9.70. The lowest BCUT2D eigenvalue weighted by molar-refractivity contribution is 0.476. The molecule has 0 spiro atoms. The van der Waals surface area contributed by atoms with Gasteiger partial charge in [-0.2, -0.15) is 0 Å². The summed E-state index contributed by atoms with van der Waals surface area (Å²) >= 11 is 14.9.